The fourth-order valence-corrected chi connectivity index (χ4v) is 3.85. The number of nitrogens with one attached hydrogen (secondary N) is 2. The molecule has 1 saturated heterocycles. The molecule has 0 radical (unpaired) electrons. The quantitative estimate of drug-likeness (QED) is 0.540. The number of anilines is 2. The summed E-state index contributed by atoms with van der Waals surface area (Å²) in [6.45, 7) is 2.60. The summed E-state index contributed by atoms with van der Waals surface area (Å²) in [5, 5.41) is 5.71. The average Bonchev–Trinajstić information content (AvgIpc) is 3.24. The molecule has 3 aromatic carbocycles. The van der Waals surface area contributed by atoms with Gasteiger partial charge in [0.25, 0.3) is 5.91 Å². The Balaban J connectivity index is 1.27. The molecule has 1 atom stereocenters. The van der Waals surface area contributed by atoms with E-state index in [-0.39, 0.29) is 30.7 Å². The van der Waals surface area contributed by atoms with E-state index in [0.29, 0.717) is 24.5 Å². The SMILES string of the molecule is Cc1cccc(NC(=O)COc2ccc(N3CC(C(=O)NCc4ccccc4)CC3=O)cc2)c1. The third-order valence-electron chi connectivity index (χ3n) is 5.63. The first-order chi connectivity index (χ1) is 16.5. The van der Waals surface area contributed by atoms with Crippen LogP contribution in [0.5, 0.6) is 5.75 Å². The summed E-state index contributed by atoms with van der Waals surface area (Å²) >= 11 is 0. The van der Waals surface area contributed by atoms with Crippen LogP contribution >= 0.6 is 0 Å². The lowest BCUT2D eigenvalue weighted by Gasteiger charge is -2.17. The molecule has 0 bridgehead atoms. The Labute approximate surface area is 198 Å². The third-order valence-corrected chi connectivity index (χ3v) is 5.63. The summed E-state index contributed by atoms with van der Waals surface area (Å²) in [6.07, 6.45) is 0.179. The Bertz CT molecular complexity index is 1160. The van der Waals surface area contributed by atoms with Gasteiger partial charge in [-0.1, -0.05) is 42.5 Å². The van der Waals surface area contributed by atoms with E-state index in [4.69, 9.17) is 4.74 Å². The van der Waals surface area contributed by atoms with Crippen LogP contribution in [-0.2, 0) is 20.9 Å². The maximum atomic E-state index is 12.5. The van der Waals surface area contributed by atoms with Gasteiger partial charge in [-0.15, -0.1) is 0 Å². The molecule has 7 nitrogen and oxygen atoms in total. The molecule has 3 amide bonds. The molecular formula is C27H27N3O4. The summed E-state index contributed by atoms with van der Waals surface area (Å²) in [4.78, 5) is 38.8. The predicted molar refractivity (Wildman–Crippen MR) is 130 cm³/mol. The molecule has 3 aromatic rings. The van der Waals surface area contributed by atoms with Crippen LogP contribution in [0.4, 0.5) is 11.4 Å². The minimum absolute atomic E-state index is 0.0916. The molecule has 0 spiro atoms. The second-order valence-corrected chi connectivity index (χ2v) is 8.31. The van der Waals surface area contributed by atoms with Crippen molar-refractivity contribution < 1.29 is 19.1 Å². The van der Waals surface area contributed by atoms with Crippen molar-refractivity contribution in [1.82, 2.24) is 5.32 Å². The highest BCUT2D eigenvalue weighted by molar-refractivity contribution is 6.00. The van der Waals surface area contributed by atoms with Crippen LogP contribution in [0.3, 0.4) is 0 Å². The van der Waals surface area contributed by atoms with Gasteiger partial charge < -0.3 is 20.3 Å². The van der Waals surface area contributed by atoms with Crippen LogP contribution < -0.4 is 20.3 Å². The number of hydrogen-bond donors (Lipinski definition) is 2. The topological polar surface area (TPSA) is 87.7 Å². The fraction of sp³-hybridized carbons (Fsp3) is 0.222. The number of nitrogens with zero attached hydrogens (tertiary/aromatic N) is 1. The highest BCUT2D eigenvalue weighted by Gasteiger charge is 2.35. The number of amides is 3. The Hall–Kier alpha value is -4.13. The van der Waals surface area contributed by atoms with Crippen LogP contribution in [0, 0.1) is 12.8 Å². The van der Waals surface area contributed by atoms with Gasteiger partial charge in [0.1, 0.15) is 5.75 Å². The van der Waals surface area contributed by atoms with E-state index < -0.39 is 5.92 Å². The number of hydrogen-bond acceptors (Lipinski definition) is 4. The lowest BCUT2D eigenvalue weighted by Crippen LogP contribution is -2.32. The maximum absolute atomic E-state index is 12.5. The molecule has 7 heteroatoms. The standard InChI is InChI=1S/C27H27N3O4/c1-19-6-5-9-22(14-19)29-25(31)18-34-24-12-10-23(11-13-24)30-17-21(15-26(30)32)27(33)28-16-20-7-3-2-4-8-20/h2-14,21H,15-18H2,1H3,(H,28,33)(H,29,31). The van der Waals surface area contributed by atoms with E-state index in [1.165, 1.54) is 0 Å². The number of ether oxygens (including phenoxy) is 1. The first kappa shape index (κ1) is 23.0. The van der Waals surface area contributed by atoms with Crippen LogP contribution in [0.1, 0.15) is 17.5 Å². The van der Waals surface area contributed by atoms with Gasteiger partial charge in [-0.2, -0.15) is 0 Å². The summed E-state index contributed by atoms with van der Waals surface area (Å²) in [7, 11) is 0. The zero-order chi connectivity index (χ0) is 23.9. The zero-order valence-electron chi connectivity index (χ0n) is 19.0. The second-order valence-electron chi connectivity index (χ2n) is 8.31. The number of carbonyl (C=O) groups is 3. The van der Waals surface area contributed by atoms with E-state index in [9.17, 15) is 14.4 Å². The first-order valence-electron chi connectivity index (χ1n) is 11.2. The monoisotopic (exact) mass is 457 g/mol. The Kier molecular flexibility index (Phi) is 7.22. The van der Waals surface area contributed by atoms with Crippen LogP contribution in [-0.4, -0.2) is 30.9 Å². The van der Waals surface area contributed by atoms with E-state index in [1.54, 1.807) is 29.2 Å². The van der Waals surface area contributed by atoms with Crippen molar-refractivity contribution in [2.75, 3.05) is 23.4 Å². The Morgan fingerprint density at radius 3 is 2.50 bits per heavy atom. The molecule has 1 unspecified atom stereocenters. The minimum atomic E-state index is -0.391. The molecule has 1 aliphatic rings. The van der Waals surface area contributed by atoms with Crippen molar-refractivity contribution in [3.63, 3.8) is 0 Å². The summed E-state index contributed by atoms with van der Waals surface area (Å²) < 4.78 is 5.57. The summed E-state index contributed by atoms with van der Waals surface area (Å²) in [5.41, 5.74) is 3.49. The van der Waals surface area contributed by atoms with Crippen molar-refractivity contribution in [1.29, 1.82) is 0 Å². The smallest absolute Gasteiger partial charge is 0.262 e. The second kappa shape index (κ2) is 10.7. The van der Waals surface area contributed by atoms with Crippen molar-refractivity contribution in [2.24, 2.45) is 5.92 Å². The third kappa shape index (κ3) is 6.01. The van der Waals surface area contributed by atoms with E-state index in [1.807, 2.05) is 61.5 Å². The van der Waals surface area contributed by atoms with Gasteiger partial charge in [-0.25, -0.2) is 0 Å². The van der Waals surface area contributed by atoms with Gasteiger partial charge in [0.15, 0.2) is 6.61 Å². The van der Waals surface area contributed by atoms with Crippen molar-refractivity contribution >= 4 is 29.1 Å². The molecule has 4 rings (SSSR count). The molecule has 1 aliphatic heterocycles. The summed E-state index contributed by atoms with van der Waals surface area (Å²) in [6, 6.07) is 24.2. The molecule has 1 heterocycles. The van der Waals surface area contributed by atoms with Gasteiger partial charge in [0, 0.05) is 30.9 Å². The molecule has 0 aromatic heterocycles. The lowest BCUT2D eigenvalue weighted by atomic mass is 10.1. The summed E-state index contributed by atoms with van der Waals surface area (Å²) in [5.74, 6) is -0.344. The van der Waals surface area contributed by atoms with E-state index in [2.05, 4.69) is 10.6 Å². The van der Waals surface area contributed by atoms with Crippen LogP contribution in [0.25, 0.3) is 0 Å². The highest BCUT2D eigenvalue weighted by Crippen LogP contribution is 2.27. The lowest BCUT2D eigenvalue weighted by molar-refractivity contribution is -0.126. The predicted octanol–water partition coefficient (Wildman–Crippen LogP) is 3.68. The van der Waals surface area contributed by atoms with Gasteiger partial charge in [-0.05, 0) is 54.4 Å². The minimum Gasteiger partial charge on any atom is -0.484 e. The van der Waals surface area contributed by atoms with Crippen molar-refractivity contribution in [3.8, 4) is 5.75 Å². The van der Waals surface area contributed by atoms with Crippen LogP contribution in [0.15, 0.2) is 78.9 Å². The van der Waals surface area contributed by atoms with Crippen molar-refractivity contribution in [3.05, 3.63) is 90.0 Å². The number of benzene rings is 3. The number of carbonyl (C=O) groups excluding carboxylic acids is 3. The van der Waals surface area contributed by atoms with Gasteiger partial charge in [0.2, 0.25) is 11.8 Å². The largest absolute Gasteiger partial charge is 0.484 e. The highest BCUT2D eigenvalue weighted by atomic mass is 16.5. The van der Waals surface area contributed by atoms with Gasteiger partial charge in [0.05, 0.1) is 5.92 Å². The van der Waals surface area contributed by atoms with Crippen molar-refractivity contribution in [2.45, 2.75) is 19.9 Å². The zero-order valence-corrected chi connectivity index (χ0v) is 19.0. The van der Waals surface area contributed by atoms with Crippen LogP contribution in [0.2, 0.25) is 0 Å². The van der Waals surface area contributed by atoms with E-state index >= 15 is 0 Å². The van der Waals surface area contributed by atoms with Gasteiger partial charge in [-0.3, -0.25) is 14.4 Å². The molecule has 0 saturated carbocycles. The molecule has 1 fully saturated rings. The Morgan fingerprint density at radius 1 is 1.00 bits per heavy atom. The number of aryl methyl sites for hydroxylation is 1. The fourth-order valence-electron chi connectivity index (χ4n) is 3.85. The molecule has 34 heavy (non-hydrogen) atoms. The van der Waals surface area contributed by atoms with Gasteiger partial charge >= 0.3 is 0 Å². The maximum Gasteiger partial charge on any atom is 0.262 e. The molecule has 0 aliphatic carbocycles. The first-order valence-corrected chi connectivity index (χ1v) is 11.2. The van der Waals surface area contributed by atoms with E-state index in [0.717, 1.165) is 16.8 Å². The average molecular weight is 458 g/mol. The number of rotatable bonds is 8. The normalized spacial score (nSPS) is 15.1. The molecule has 174 valence electrons. The molecule has 2 N–H and O–H groups in total. The Morgan fingerprint density at radius 2 is 1.76 bits per heavy atom. The molecular weight excluding hydrogens is 430 g/mol.